The molecule has 1 aromatic heterocycles. The van der Waals surface area contributed by atoms with Gasteiger partial charge in [-0.3, -0.25) is 9.59 Å². The number of nitrogens with one attached hydrogen (secondary N) is 2. The number of rotatable bonds is 6. The average molecular weight is 469 g/mol. The third-order valence-electron chi connectivity index (χ3n) is 5.63. The van der Waals surface area contributed by atoms with Crippen LogP contribution in [0.4, 0.5) is 19.3 Å². The summed E-state index contributed by atoms with van der Waals surface area (Å²) in [5.74, 6) is -3.10. The third-order valence-corrected chi connectivity index (χ3v) is 5.63. The summed E-state index contributed by atoms with van der Waals surface area (Å²) in [6.07, 6.45) is 0.884. The highest BCUT2D eigenvalue weighted by molar-refractivity contribution is 5.91. The highest BCUT2D eigenvalue weighted by Gasteiger charge is 2.23. The summed E-state index contributed by atoms with van der Waals surface area (Å²) in [7, 11) is 0. The number of pyridine rings is 1. The minimum atomic E-state index is -1.20. The number of hydrogen-bond donors (Lipinski definition) is 4. The van der Waals surface area contributed by atoms with Gasteiger partial charge < -0.3 is 25.4 Å². The molecule has 3 aromatic rings. The number of carboxylic acid groups (broad SMARTS) is 1. The normalized spacial score (nSPS) is 13.2. The molecule has 4 N–H and O–H groups in total. The first-order valence-electron chi connectivity index (χ1n) is 10.5. The Hall–Kier alpha value is -4.21. The number of fused-ring (bicyclic) bond motifs is 1. The predicted octanol–water partition coefficient (Wildman–Crippen LogP) is 3.78. The van der Waals surface area contributed by atoms with Crippen molar-refractivity contribution in [1.29, 1.82) is 0 Å². The molecule has 2 amide bonds. The third kappa shape index (κ3) is 4.75. The monoisotopic (exact) mass is 469 g/mol. The van der Waals surface area contributed by atoms with Gasteiger partial charge in [-0.15, -0.1) is 0 Å². The Bertz CT molecular complexity index is 1340. The molecular formula is C24H21F2N3O5. The van der Waals surface area contributed by atoms with Crippen molar-refractivity contribution in [3.05, 3.63) is 81.8 Å². The molecule has 1 atom stereocenters. The molecular weight excluding hydrogens is 448 g/mol. The van der Waals surface area contributed by atoms with E-state index < -0.39 is 41.7 Å². The van der Waals surface area contributed by atoms with Gasteiger partial charge in [0.15, 0.2) is 5.69 Å². The number of aromatic hydroxyl groups is 1. The molecule has 0 fully saturated rings. The van der Waals surface area contributed by atoms with Gasteiger partial charge >= 0.3 is 12.0 Å². The van der Waals surface area contributed by atoms with E-state index >= 15 is 0 Å². The minimum Gasteiger partial charge on any atom is -0.505 e. The molecule has 1 aliphatic heterocycles. The number of carbonyl (C=O) groups is 2. The van der Waals surface area contributed by atoms with Gasteiger partial charge in [0.25, 0.3) is 5.56 Å². The SMILES string of the molecule is O=C(O)CC(NC(=O)Nc1c(O)cc2n(c1=O)CCC2)c1cccc(-c2ccc(F)cc2F)c1. The van der Waals surface area contributed by atoms with Gasteiger partial charge in [-0.25, -0.2) is 13.6 Å². The Labute approximate surface area is 192 Å². The van der Waals surface area contributed by atoms with Gasteiger partial charge in [0, 0.05) is 29.9 Å². The van der Waals surface area contributed by atoms with Crippen LogP contribution in [-0.2, 0) is 17.8 Å². The van der Waals surface area contributed by atoms with E-state index in [1.54, 1.807) is 18.2 Å². The van der Waals surface area contributed by atoms with E-state index in [9.17, 15) is 33.4 Å². The van der Waals surface area contributed by atoms with Gasteiger partial charge in [0.1, 0.15) is 17.4 Å². The lowest BCUT2D eigenvalue weighted by molar-refractivity contribution is -0.137. The molecule has 2 aromatic carbocycles. The van der Waals surface area contributed by atoms with Crippen LogP contribution in [0, 0.1) is 11.6 Å². The zero-order valence-electron chi connectivity index (χ0n) is 17.8. The summed E-state index contributed by atoms with van der Waals surface area (Å²) in [4.78, 5) is 36.7. The highest BCUT2D eigenvalue weighted by atomic mass is 19.1. The number of aromatic nitrogens is 1. The van der Waals surface area contributed by atoms with Crippen LogP contribution in [0.1, 0.15) is 30.1 Å². The molecule has 1 unspecified atom stereocenters. The number of anilines is 1. The first-order chi connectivity index (χ1) is 16.2. The Morgan fingerprint density at radius 2 is 1.91 bits per heavy atom. The number of amides is 2. The van der Waals surface area contributed by atoms with Gasteiger partial charge in [-0.1, -0.05) is 18.2 Å². The first-order valence-corrected chi connectivity index (χ1v) is 10.5. The number of nitrogens with zero attached hydrogens (tertiary/aromatic N) is 1. The largest absolute Gasteiger partial charge is 0.505 e. The molecule has 0 saturated heterocycles. The summed E-state index contributed by atoms with van der Waals surface area (Å²) >= 11 is 0. The van der Waals surface area contributed by atoms with Crippen LogP contribution >= 0.6 is 0 Å². The number of aliphatic carboxylic acids is 1. The lowest BCUT2D eigenvalue weighted by Gasteiger charge is -2.19. The van der Waals surface area contributed by atoms with Crippen molar-refractivity contribution in [2.75, 3.05) is 5.32 Å². The molecule has 2 heterocycles. The molecule has 8 nitrogen and oxygen atoms in total. The van der Waals surface area contributed by atoms with Crippen molar-refractivity contribution in [1.82, 2.24) is 9.88 Å². The number of urea groups is 1. The molecule has 0 bridgehead atoms. The standard InChI is InChI=1S/C24H21F2N3O5/c25-15-6-7-17(18(26)10-15)13-3-1-4-14(9-13)19(12-21(31)32)27-24(34)28-22-20(30)11-16-5-2-8-29(16)23(22)33/h1,3-4,6-7,9-11,19,30H,2,5,8,12H2,(H,31,32)(H2,27,28,34). The van der Waals surface area contributed by atoms with E-state index in [2.05, 4.69) is 10.6 Å². The zero-order chi connectivity index (χ0) is 24.4. The maximum Gasteiger partial charge on any atom is 0.319 e. The van der Waals surface area contributed by atoms with E-state index in [1.807, 2.05) is 0 Å². The quantitative estimate of drug-likeness (QED) is 0.438. The smallest absolute Gasteiger partial charge is 0.319 e. The van der Waals surface area contributed by atoms with Crippen LogP contribution in [0.2, 0.25) is 0 Å². The minimum absolute atomic E-state index is 0.109. The second-order valence-electron chi connectivity index (χ2n) is 7.95. The summed E-state index contributed by atoms with van der Waals surface area (Å²) in [5, 5.41) is 24.3. The van der Waals surface area contributed by atoms with Crippen LogP contribution < -0.4 is 16.2 Å². The lowest BCUT2D eigenvalue weighted by atomic mass is 9.97. The van der Waals surface area contributed by atoms with Crippen molar-refractivity contribution in [2.45, 2.75) is 31.8 Å². The topological polar surface area (TPSA) is 121 Å². The number of carbonyl (C=O) groups excluding carboxylic acids is 1. The van der Waals surface area contributed by atoms with Crippen molar-refractivity contribution >= 4 is 17.7 Å². The first kappa shape index (κ1) is 23.0. The molecule has 34 heavy (non-hydrogen) atoms. The Kier molecular flexibility index (Phi) is 6.31. The van der Waals surface area contributed by atoms with E-state index in [0.29, 0.717) is 29.8 Å². The van der Waals surface area contributed by atoms with Crippen LogP contribution in [0.15, 0.2) is 53.3 Å². The fourth-order valence-corrected chi connectivity index (χ4v) is 4.05. The van der Waals surface area contributed by atoms with Crippen molar-refractivity contribution in [3.63, 3.8) is 0 Å². The molecule has 176 valence electrons. The number of aryl methyl sites for hydroxylation is 1. The summed E-state index contributed by atoms with van der Waals surface area (Å²) in [6, 6.07) is 8.77. The second kappa shape index (κ2) is 9.34. The Morgan fingerprint density at radius 3 is 2.65 bits per heavy atom. The number of carboxylic acids is 1. The van der Waals surface area contributed by atoms with E-state index in [-0.39, 0.29) is 17.0 Å². The van der Waals surface area contributed by atoms with Gasteiger partial charge in [0.05, 0.1) is 12.5 Å². The summed E-state index contributed by atoms with van der Waals surface area (Å²) in [5.41, 5.74) is 0.640. The molecule has 10 heteroatoms. The molecule has 0 spiro atoms. The number of benzene rings is 2. The molecule has 0 saturated carbocycles. The van der Waals surface area contributed by atoms with Crippen molar-refractivity contribution in [2.24, 2.45) is 0 Å². The predicted molar refractivity (Wildman–Crippen MR) is 120 cm³/mol. The molecule has 4 rings (SSSR count). The molecule has 0 aliphatic carbocycles. The second-order valence-corrected chi connectivity index (χ2v) is 7.95. The maximum absolute atomic E-state index is 14.2. The Balaban J connectivity index is 1.59. The van der Waals surface area contributed by atoms with Crippen LogP contribution in [0.25, 0.3) is 11.1 Å². The van der Waals surface area contributed by atoms with Crippen molar-refractivity contribution < 1.29 is 28.6 Å². The fourth-order valence-electron chi connectivity index (χ4n) is 4.05. The van der Waals surface area contributed by atoms with Gasteiger partial charge in [-0.05, 0) is 42.2 Å². The number of halogens is 2. The Morgan fingerprint density at radius 1 is 1.12 bits per heavy atom. The van der Waals surface area contributed by atoms with Crippen LogP contribution in [-0.4, -0.2) is 26.8 Å². The van der Waals surface area contributed by atoms with E-state index in [0.717, 1.165) is 18.6 Å². The lowest BCUT2D eigenvalue weighted by Crippen LogP contribution is -2.36. The van der Waals surface area contributed by atoms with Crippen LogP contribution in [0.3, 0.4) is 0 Å². The highest BCUT2D eigenvalue weighted by Crippen LogP contribution is 2.28. The average Bonchev–Trinajstić information content (AvgIpc) is 3.24. The summed E-state index contributed by atoms with van der Waals surface area (Å²) in [6.45, 7) is 0.471. The van der Waals surface area contributed by atoms with Crippen molar-refractivity contribution in [3.8, 4) is 16.9 Å². The fraction of sp³-hybridized carbons (Fsp3) is 0.208. The molecule has 0 radical (unpaired) electrons. The van der Waals surface area contributed by atoms with Gasteiger partial charge in [-0.2, -0.15) is 0 Å². The maximum atomic E-state index is 14.2. The van der Waals surface area contributed by atoms with E-state index in [4.69, 9.17) is 0 Å². The zero-order valence-corrected chi connectivity index (χ0v) is 17.8. The van der Waals surface area contributed by atoms with Crippen LogP contribution in [0.5, 0.6) is 5.75 Å². The van der Waals surface area contributed by atoms with E-state index in [1.165, 1.54) is 22.8 Å². The summed E-state index contributed by atoms with van der Waals surface area (Å²) < 4.78 is 29.0. The molecule has 1 aliphatic rings. The number of hydrogen-bond acceptors (Lipinski definition) is 4. The van der Waals surface area contributed by atoms with Gasteiger partial charge in [0.2, 0.25) is 0 Å².